The van der Waals surface area contributed by atoms with Crippen LogP contribution in [0.5, 0.6) is 5.75 Å². The molecular weight excluding hydrogens is 380 g/mol. The normalized spacial score (nSPS) is 14.5. The first-order valence-electron chi connectivity index (χ1n) is 9.27. The van der Waals surface area contributed by atoms with Crippen molar-refractivity contribution in [2.75, 3.05) is 23.5 Å². The summed E-state index contributed by atoms with van der Waals surface area (Å²) in [5.74, 6) is 1.21. The second kappa shape index (κ2) is 9.59. The van der Waals surface area contributed by atoms with E-state index in [0.29, 0.717) is 34.2 Å². The van der Waals surface area contributed by atoms with Crippen molar-refractivity contribution < 1.29 is 18.7 Å². The summed E-state index contributed by atoms with van der Waals surface area (Å²) < 4.78 is 11.0. The molecule has 1 aromatic heterocycles. The molecule has 1 heterocycles. The van der Waals surface area contributed by atoms with E-state index in [9.17, 15) is 9.59 Å². The van der Waals surface area contributed by atoms with Crippen LogP contribution in [0.15, 0.2) is 27.8 Å². The standard InChI is InChI=1S/C19H24N4O4S/c1-12(24)20-14-8-9-16(26-2)15(10-14)21-17(25)11-28-19-23-22-18(27-19)13-6-4-3-5-7-13/h8-10,13H,3-7,11H2,1-2H3,(H,20,24)(H,21,25). The van der Waals surface area contributed by atoms with E-state index in [1.54, 1.807) is 18.2 Å². The van der Waals surface area contributed by atoms with Crippen LogP contribution < -0.4 is 15.4 Å². The SMILES string of the molecule is COc1ccc(NC(C)=O)cc1NC(=O)CSc1nnc(C2CCCCC2)o1. The molecule has 2 N–H and O–H groups in total. The highest BCUT2D eigenvalue weighted by Crippen LogP contribution is 2.33. The van der Waals surface area contributed by atoms with Crippen molar-refractivity contribution in [1.82, 2.24) is 10.2 Å². The van der Waals surface area contributed by atoms with Gasteiger partial charge in [-0.15, -0.1) is 10.2 Å². The topological polar surface area (TPSA) is 106 Å². The summed E-state index contributed by atoms with van der Waals surface area (Å²) in [7, 11) is 1.52. The van der Waals surface area contributed by atoms with Crippen molar-refractivity contribution >= 4 is 35.0 Å². The van der Waals surface area contributed by atoms with Gasteiger partial charge in [0.2, 0.25) is 17.7 Å². The first kappa shape index (κ1) is 20.2. The van der Waals surface area contributed by atoms with Crippen LogP contribution in [0, 0.1) is 0 Å². The van der Waals surface area contributed by atoms with Crippen LogP contribution in [0.4, 0.5) is 11.4 Å². The van der Waals surface area contributed by atoms with Crippen molar-refractivity contribution in [3.8, 4) is 5.75 Å². The van der Waals surface area contributed by atoms with E-state index in [1.807, 2.05) is 0 Å². The highest BCUT2D eigenvalue weighted by atomic mass is 32.2. The maximum Gasteiger partial charge on any atom is 0.277 e. The van der Waals surface area contributed by atoms with Gasteiger partial charge in [-0.25, -0.2) is 0 Å². The molecule has 3 rings (SSSR count). The average Bonchev–Trinajstić information content (AvgIpc) is 3.16. The molecule has 2 amide bonds. The molecule has 0 saturated heterocycles. The van der Waals surface area contributed by atoms with Gasteiger partial charge in [0.1, 0.15) is 5.75 Å². The van der Waals surface area contributed by atoms with Crippen LogP contribution in [-0.2, 0) is 9.59 Å². The Kier molecular flexibility index (Phi) is 6.91. The molecule has 9 heteroatoms. The van der Waals surface area contributed by atoms with Gasteiger partial charge in [-0.3, -0.25) is 9.59 Å². The van der Waals surface area contributed by atoms with E-state index in [0.717, 1.165) is 12.8 Å². The molecule has 150 valence electrons. The third-order valence-corrected chi connectivity index (χ3v) is 5.32. The first-order chi connectivity index (χ1) is 13.5. The highest BCUT2D eigenvalue weighted by molar-refractivity contribution is 7.99. The number of rotatable bonds is 7. The second-order valence-corrected chi connectivity index (χ2v) is 7.60. The fraction of sp³-hybridized carbons (Fsp3) is 0.474. The molecule has 1 fully saturated rings. The van der Waals surface area contributed by atoms with Crippen LogP contribution in [0.2, 0.25) is 0 Å². The Bertz CT molecular complexity index is 833. The Hall–Kier alpha value is -2.55. The van der Waals surface area contributed by atoms with Crippen LogP contribution in [0.1, 0.15) is 50.8 Å². The third-order valence-electron chi connectivity index (χ3n) is 4.50. The maximum atomic E-state index is 12.3. The maximum absolute atomic E-state index is 12.3. The number of hydrogen-bond donors (Lipinski definition) is 2. The Morgan fingerprint density at radius 3 is 2.71 bits per heavy atom. The molecule has 28 heavy (non-hydrogen) atoms. The van der Waals surface area contributed by atoms with Crippen molar-refractivity contribution in [3.05, 3.63) is 24.1 Å². The van der Waals surface area contributed by atoms with Crippen molar-refractivity contribution in [2.24, 2.45) is 0 Å². The highest BCUT2D eigenvalue weighted by Gasteiger charge is 2.21. The Labute approximate surface area is 167 Å². The molecule has 0 bridgehead atoms. The fourth-order valence-corrected chi connectivity index (χ4v) is 3.76. The number of amides is 2. The van der Waals surface area contributed by atoms with Gasteiger partial charge in [0, 0.05) is 18.5 Å². The van der Waals surface area contributed by atoms with Gasteiger partial charge in [-0.2, -0.15) is 0 Å². The van der Waals surface area contributed by atoms with E-state index in [-0.39, 0.29) is 17.6 Å². The van der Waals surface area contributed by atoms with E-state index in [1.165, 1.54) is 45.1 Å². The number of methoxy groups -OCH3 is 1. The lowest BCUT2D eigenvalue weighted by atomic mass is 9.89. The number of anilines is 2. The van der Waals surface area contributed by atoms with Gasteiger partial charge in [-0.05, 0) is 31.0 Å². The quantitative estimate of drug-likeness (QED) is 0.676. The zero-order chi connectivity index (χ0) is 19.9. The summed E-state index contributed by atoms with van der Waals surface area (Å²) in [4.78, 5) is 23.6. The van der Waals surface area contributed by atoms with Crippen LogP contribution in [0.25, 0.3) is 0 Å². The lowest BCUT2D eigenvalue weighted by molar-refractivity contribution is -0.114. The van der Waals surface area contributed by atoms with Crippen LogP contribution in [-0.4, -0.2) is 34.9 Å². The minimum atomic E-state index is -0.235. The predicted molar refractivity (Wildman–Crippen MR) is 107 cm³/mol. The molecule has 0 radical (unpaired) electrons. The molecule has 1 saturated carbocycles. The molecule has 0 aliphatic heterocycles. The van der Waals surface area contributed by atoms with Gasteiger partial charge in [0.05, 0.1) is 18.6 Å². The second-order valence-electron chi connectivity index (χ2n) is 6.67. The molecule has 0 spiro atoms. The van der Waals surface area contributed by atoms with Gasteiger partial charge in [0.15, 0.2) is 0 Å². The monoisotopic (exact) mass is 404 g/mol. The number of hydrogen-bond acceptors (Lipinski definition) is 7. The Morgan fingerprint density at radius 2 is 2.00 bits per heavy atom. The summed E-state index contributed by atoms with van der Waals surface area (Å²) in [6, 6.07) is 5.04. The fourth-order valence-electron chi connectivity index (χ4n) is 3.19. The van der Waals surface area contributed by atoms with Gasteiger partial charge < -0.3 is 19.8 Å². The summed E-state index contributed by atoms with van der Waals surface area (Å²) in [5.41, 5.74) is 1.05. The summed E-state index contributed by atoms with van der Waals surface area (Å²) in [5, 5.41) is 14.0. The number of carbonyl (C=O) groups excluding carboxylic acids is 2. The van der Waals surface area contributed by atoms with E-state index >= 15 is 0 Å². The van der Waals surface area contributed by atoms with E-state index in [2.05, 4.69) is 20.8 Å². The van der Waals surface area contributed by atoms with Gasteiger partial charge >= 0.3 is 0 Å². The first-order valence-corrected chi connectivity index (χ1v) is 10.3. The largest absolute Gasteiger partial charge is 0.495 e. The zero-order valence-corrected chi connectivity index (χ0v) is 16.8. The summed E-state index contributed by atoms with van der Waals surface area (Å²) in [6.45, 7) is 1.42. The molecule has 1 aliphatic carbocycles. The lowest BCUT2D eigenvalue weighted by Crippen LogP contribution is -2.15. The predicted octanol–water partition coefficient (Wildman–Crippen LogP) is 3.82. The minimum Gasteiger partial charge on any atom is -0.495 e. The smallest absolute Gasteiger partial charge is 0.277 e. The number of aromatic nitrogens is 2. The molecule has 1 aromatic carbocycles. The number of nitrogens with zero attached hydrogens (tertiary/aromatic N) is 2. The number of benzene rings is 1. The average molecular weight is 404 g/mol. The van der Waals surface area contributed by atoms with Crippen molar-refractivity contribution in [2.45, 2.75) is 50.2 Å². The number of thioether (sulfide) groups is 1. The van der Waals surface area contributed by atoms with Gasteiger partial charge in [-0.1, -0.05) is 31.0 Å². The van der Waals surface area contributed by atoms with Crippen molar-refractivity contribution in [3.63, 3.8) is 0 Å². The third kappa shape index (κ3) is 5.48. The lowest BCUT2D eigenvalue weighted by Gasteiger charge is -2.17. The molecule has 0 unspecified atom stereocenters. The summed E-state index contributed by atoms with van der Waals surface area (Å²) in [6.07, 6.45) is 5.81. The summed E-state index contributed by atoms with van der Waals surface area (Å²) >= 11 is 1.20. The van der Waals surface area contributed by atoms with E-state index in [4.69, 9.17) is 9.15 Å². The number of ether oxygens (including phenoxy) is 1. The number of nitrogens with one attached hydrogen (secondary N) is 2. The molecule has 0 atom stereocenters. The molecule has 1 aliphatic rings. The zero-order valence-electron chi connectivity index (χ0n) is 16.0. The Balaban J connectivity index is 1.57. The molecule has 8 nitrogen and oxygen atoms in total. The minimum absolute atomic E-state index is 0.125. The van der Waals surface area contributed by atoms with Crippen LogP contribution >= 0.6 is 11.8 Å². The van der Waals surface area contributed by atoms with Crippen LogP contribution in [0.3, 0.4) is 0 Å². The number of carbonyl (C=O) groups is 2. The Morgan fingerprint density at radius 1 is 1.21 bits per heavy atom. The van der Waals surface area contributed by atoms with E-state index < -0.39 is 0 Å². The van der Waals surface area contributed by atoms with Gasteiger partial charge in [0.25, 0.3) is 5.22 Å². The molecule has 2 aromatic rings. The molecular formula is C19H24N4O4S. The van der Waals surface area contributed by atoms with Crippen molar-refractivity contribution in [1.29, 1.82) is 0 Å².